The van der Waals surface area contributed by atoms with Gasteiger partial charge in [-0.05, 0) is 13.8 Å². The summed E-state index contributed by atoms with van der Waals surface area (Å²) in [4.78, 5) is 33.2. The Morgan fingerprint density at radius 1 is 1.17 bits per heavy atom. The Bertz CT molecular complexity index is 221. The van der Waals surface area contributed by atoms with Crippen LogP contribution in [0.4, 0.5) is 0 Å². The summed E-state index contributed by atoms with van der Waals surface area (Å²) < 4.78 is -1.64. The quantitative estimate of drug-likeness (QED) is 0.580. The number of Topliss-reactive ketones (excluding diaryl/α,β-unsaturated/α-hetero) is 3. The molecule has 0 aromatic carbocycles. The summed E-state index contributed by atoms with van der Waals surface area (Å²) >= 11 is 5.76. The molecule has 0 aliphatic heterocycles. The zero-order chi connectivity index (χ0) is 9.94. The van der Waals surface area contributed by atoms with Crippen LogP contribution in [0.1, 0.15) is 13.8 Å². The Hall–Kier alpha value is -0.0300. The minimum absolute atomic E-state index is 0.0165. The van der Waals surface area contributed by atoms with E-state index in [1.54, 1.807) is 0 Å². The van der Waals surface area contributed by atoms with E-state index in [1.165, 1.54) is 13.8 Å². The molecule has 0 atom stereocenters. The Balaban J connectivity index is 5.01. The lowest BCUT2D eigenvalue weighted by atomic mass is 9.96. The molecule has 0 saturated heterocycles. The van der Waals surface area contributed by atoms with Crippen LogP contribution in [0.2, 0.25) is 0 Å². The van der Waals surface area contributed by atoms with Gasteiger partial charge in [0.05, 0.1) is 5.33 Å². The third-order valence-corrected chi connectivity index (χ3v) is 3.54. The van der Waals surface area contributed by atoms with Gasteiger partial charge in [0.25, 0.3) is 0 Å². The van der Waals surface area contributed by atoms with Gasteiger partial charge in [-0.3, -0.25) is 14.4 Å². The molecule has 68 valence electrons. The summed E-state index contributed by atoms with van der Waals surface area (Å²) in [5.74, 6) is -1.44. The summed E-state index contributed by atoms with van der Waals surface area (Å²) in [6, 6.07) is 0. The number of carbonyl (C=O) groups is 3. The third kappa shape index (κ3) is 2.01. The number of rotatable bonds is 4. The standard InChI is InChI=1S/C7H8Br2O3/c1-4(10)7(9,5(2)11)6(12)3-8/h3H2,1-2H3. The van der Waals surface area contributed by atoms with Crippen LogP contribution in [0.25, 0.3) is 0 Å². The summed E-state index contributed by atoms with van der Waals surface area (Å²) in [6.07, 6.45) is 0. The monoisotopic (exact) mass is 298 g/mol. The molecule has 3 nitrogen and oxygen atoms in total. The fourth-order valence-electron chi connectivity index (χ4n) is 0.733. The van der Waals surface area contributed by atoms with E-state index in [9.17, 15) is 14.4 Å². The second-order valence-corrected chi connectivity index (χ2v) is 4.08. The minimum Gasteiger partial charge on any atom is -0.297 e. The van der Waals surface area contributed by atoms with Gasteiger partial charge in [0.2, 0.25) is 0 Å². The Morgan fingerprint density at radius 3 is 1.58 bits per heavy atom. The molecule has 0 heterocycles. The normalized spacial score (nSPS) is 11.0. The van der Waals surface area contributed by atoms with Gasteiger partial charge in [-0.25, -0.2) is 0 Å². The molecule has 0 aromatic heterocycles. The first-order chi connectivity index (χ1) is 5.37. The van der Waals surface area contributed by atoms with Gasteiger partial charge >= 0.3 is 0 Å². The van der Waals surface area contributed by atoms with E-state index < -0.39 is 21.7 Å². The molecular weight excluding hydrogens is 292 g/mol. The number of ketones is 3. The zero-order valence-electron chi connectivity index (χ0n) is 6.69. The van der Waals surface area contributed by atoms with Gasteiger partial charge in [0, 0.05) is 0 Å². The van der Waals surface area contributed by atoms with Gasteiger partial charge < -0.3 is 0 Å². The van der Waals surface area contributed by atoms with E-state index in [0.717, 1.165) is 0 Å². The van der Waals surface area contributed by atoms with Crippen LogP contribution in [0.3, 0.4) is 0 Å². The lowest BCUT2D eigenvalue weighted by molar-refractivity contribution is -0.134. The molecule has 0 spiro atoms. The van der Waals surface area contributed by atoms with Crippen molar-refractivity contribution in [2.45, 2.75) is 18.2 Å². The smallest absolute Gasteiger partial charge is 0.200 e. The second-order valence-electron chi connectivity index (χ2n) is 2.33. The van der Waals surface area contributed by atoms with Crippen molar-refractivity contribution < 1.29 is 14.4 Å². The molecule has 0 aliphatic carbocycles. The molecule has 0 N–H and O–H groups in total. The first-order valence-corrected chi connectivity index (χ1v) is 5.09. The average molecular weight is 300 g/mol. The van der Waals surface area contributed by atoms with Gasteiger partial charge in [-0.2, -0.15) is 0 Å². The van der Waals surface area contributed by atoms with Gasteiger partial charge in [-0.15, -0.1) is 0 Å². The second kappa shape index (κ2) is 4.28. The van der Waals surface area contributed by atoms with Crippen LogP contribution in [-0.4, -0.2) is 27.0 Å². The van der Waals surface area contributed by atoms with Crippen molar-refractivity contribution in [3.63, 3.8) is 0 Å². The van der Waals surface area contributed by atoms with Crippen LogP contribution < -0.4 is 0 Å². The van der Waals surface area contributed by atoms with Crippen LogP contribution in [-0.2, 0) is 14.4 Å². The van der Waals surface area contributed by atoms with Crippen molar-refractivity contribution in [1.82, 2.24) is 0 Å². The molecule has 0 saturated carbocycles. The zero-order valence-corrected chi connectivity index (χ0v) is 9.86. The van der Waals surface area contributed by atoms with E-state index >= 15 is 0 Å². The topological polar surface area (TPSA) is 51.2 Å². The number of alkyl halides is 2. The van der Waals surface area contributed by atoms with Crippen LogP contribution in [0.5, 0.6) is 0 Å². The molecule has 0 radical (unpaired) electrons. The maximum absolute atomic E-state index is 11.2. The van der Waals surface area contributed by atoms with Crippen LogP contribution >= 0.6 is 31.9 Å². The fraction of sp³-hybridized carbons (Fsp3) is 0.571. The van der Waals surface area contributed by atoms with E-state index in [1.807, 2.05) is 0 Å². The molecule has 0 rings (SSSR count). The van der Waals surface area contributed by atoms with E-state index in [4.69, 9.17) is 0 Å². The number of hydrogen-bond acceptors (Lipinski definition) is 3. The Kier molecular flexibility index (Phi) is 4.26. The molecule has 0 bridgehead atoms. The molecule has 0 unspecified atom stereocenters. The molecule has 0 amide bonds. The number of hydrogen-bond donors (Lipinski definition) is 0. The van der Waals surface area contributed by atoms with Crippen molar-refractivity contribution in [2.75, 3.05) is 5.33 Å². The van der Waals surface area contributed by atoms with Crippen molar-refractivity contribution in [3.05, 3.63) is 0 Å². The summed E-state index contributed by atoms with van der Waals surface area (Å²) in [6.45, 7) is 2.41. The predicted octanol–water partition coefficient (Wildman–Crippen LogP) is 1.26. The van der Waals surface area contributed by atoms with E-state index in [-0.39, 0.29) is 5.33 Å². The van der Waals surface area contributed by atoms with Crippen LogP contribution in [0.15, 0.2) is 0 Å². The molecule has 0 fully saturated rings. The maximum Gasteiger partial charge on any atom is 0.200 e. The van der Waals surface area contributed by atoms with Crippen molar-refractivity contribution in [3.8, 4) is 0 Å². The molecular formula is C7H8Br2O3. The lowest BCUT2D eigenvalue weighted by Crippen LogP contribution is -2.46. The minimum atomic E-state index is -1.64. The SMILES string of the molecule is CC(=O)C(Br)(C(C)=O)C(=O)CBr. The number of halogens is 2. The van der Waals surface area contributed by atoms with E-state index in [2.05, 4.69) is 31.9 Å². The lowest BCUT2D eigenvalue weighted by Gasteiger charge is -2.17. The van der Waals surface area contributed by atoms with Crippen LogP contribution in [0, 0.1) is 0 Å². The van der Waals surface area contributed by atoms with Gasteiger partial charge in [0.15, 0.2) is 21.7 Å². The first kappa shape index (κ1) is 12.0. The van der Waals surface area contributed by atoms with E-state index in [0.29, 0.717) is 0 Å². The molecule has 0 aromatic rings. The first-order valence-electron chi connectivity index (χ1n) is 3.17. The Labute approximate surface area is 87.1 Å². The highest BCUT2D eigenvalue weighted by Crippen LogP contribution is 2.23. The summed E-state index contributed by atoms with van der Waals surface area (Å²) in [5, 5.41) is -0.0165. The van der Waals surface area contributed by atoms with Gasteiger partial charge in [0.1, 0.15) is 0 Å². The van der Waals surface area contributed by atoms with Gasteiger partial charge in [-0.1, -0.05) is 31.9 Å². The Morgan fingerprint density at radius 2 is 1.50 bits per heavy atom. The third-order valence-electron chi connectivity index (χ3n) is 1.48. The summed E-state index contributed by atoms with van der Waals surface area (Å²) in [5.41, 5.74) is 0. The van der Waals surface area contributed by atoms with Crippen molar-refractivity contribution in [1.29, 1.82) is 0 Å². The fourth-order valence-corrected chi connectivity index (χ4v) is 1.67. The average Bonchev–Trinajstić information content (AvgIpc) is 2.00. The molecule has 12 heavy (non-hydrogen) atoms. The largest absolute Gasteiger partial charge is 0.297 e. The maximum atomic E-state index is 11.2. The predicted molar refractivity (Wildman–Crippen MR) is 51.8 cm³/mol. The van der Waals surface area contributed by atoms with Crippen molar-refractivity contribution in [2.24, 2.45) is 0 Å². The highest BCUT2D eigenvalue weighted by molar-refractivity contribution is 9.11. The van der Waals surface area contributed by atoms with Crippen molar-refractivity contribution >= 4 is 49.2 Å². The molecule has 5 heteroatoms. The molecule has 0 aliphatic rings. The highest BCUT2D eigenvalue weighted by atomic mass is 79.9. The summed E-state index contributed by atoms with van der Waals surface area (Å²) in [7, 11) is 0. The number of carbonyl (C=O) groups excluding carboxylic acids is 3. The highest BCUT2D eigenvalue weighted by Gasteiger charge is 2.44.